The van der Waals surface area contributed by atoms with Crippen molar-refractivity contribution in [3.63, 3.8) is 0 Å². The van der Waals surface area contributed by atoms with Gasteiger partial charge in [-0.3, -0.25) is 19.5 Å². The number of pyridine rings is 1. The van der Waals surface area contributed by atoms with Crippen LogP contribution in [0.1, 0.15) is 38.4 Å². The summed E-state index contributed by atoms with van der Waals surface area (Å²) in [5.41, 5.74) is 2.87. The number of amides is 2. The van der Waals surface area contributed by atoms with E-state index < -0.39 is 0 Å². The first-order valence-corrected chi connectivity index (χ1v) is 9.72. The second-order valence-corrected chi connectivity index (χ2v) is 7.03. The van der Waals surface area contributed by atoms with E-state index in [1.165, 1.54) is 4.90 Å². The molecule has 0 saturated carbocycles. The fraction of sp³-hybridized carbons (Fsp3) is 0.208. The van der Waals surface area contributed by atoms with Crippen LogP contribution in [0.25, 0.3) is 0 Å². The predicted molar refractivity (Wildman–Crippen MR) is 109 cm³/mol. The van der Waals surface area contributed by atoms with Crippen molar-refractivity contribution in [2.24, 2.45) is 0 Å². The van der Waals surface area contributed by atoms with E-state index >= 15 is 0 Å². The van der Waals surface area contributed by atoms with E-state index in [1.807, 2.05) is 48.5 Å². The predicted octanol–water partition coefficient (Wildman–Crippen LogP) is 3.90. The highest BCUT2D eigenvalue weighted by atomic mass is 16.5. The van der Waals surface area contributed by atoms with Crippen LogP contribution in [0.5, 0.6) is 0 Å². The number of rotatable bonds is 8. The SMILES string of the molecule is O=C1c2ccccc2C(=O)N1C(CCOCc1ccccc1)Cc1ccccn1. The zero-order valence-electron chi connectivity index (χ0n) is 16.0. The number of hydrogen-bond acceptors (Lipinski definition) is 4. The summed E-state index contributed by atoms with van der Waals surface area (Å²) in [4.78, 5) is 31.6. The molecule has 1 unspecified atom stereocenters. The van der Waals surface area contributed by atoms with Gasteiger partial charge >= 0.3 is 0 Å². The van der Waals surface area contributed by atoms with Crippen LogP contribution in [0.4, 0.5) is 0 Å². The molecule has 0 bridgehead atoms. The molecule has 146 valence electrons. The van der Waals surface area contributed by atoms with Gasteiger partial charge in [0.25, 0.3) is 11.8 Å². The van der Waals surface area contributed by atoms with Gasteiger partial charge in [0.2, 0.25) is 0 Å². The summed E-state index contributed by atoms with van der Waals surface area (Å²) in [5, 5.41) is 0. The summed E-state index contributed by atoms with van der Waals surface area (Å²) in [6.45, 7) is 0.944. The molecule has 1 aliphatic rings. The molecule has 2 heterocycles. The first kappa shape index (κ1) is 19.0. The third kappa shape index (κ3) is 4.25. The highest BCUT2D eigenvalue weighted by Gasteiger charge is 2.39. The van der Waals surface area contributed by atoms with E-state index in [2.05, 4.69) is 4.98 Å². The first-order chi connectivity index (χ1) is 14.2. The quantitative estimate of drug-likeness (QED) is 0.435. The van der Waals surface area contributed by atoms with Crippen LogP contribution in [0, 0.1) is 0 Å². The topological polar surface area (TPSA) is 59.5 Å². The summed E-state index contributed by atoms with van der Waals surface area (Å²) in [6, 6.07) is 22.3. The van der Waals surface area contributed by atoms with Crippen LogP contribution >= 0.6 is 0 Å². The molecule has 1 aliphatic heterocycles. The number of imide groups is 1. The molecule has 2 amide bonds. The number of ether oxygens (including phenoxy) is 1. The molecule has 0 spiro atoms. The van der Waals surface area contributed by atoms with E-state index in [0.717, 1.165) is 11.3 Å². The Morgan fingerprint density at radius 1 is 0.828 bits per heavy atom. The van der Waals surface area contributed by atoms with E-state index in [0.29, 0.717) is 37.2 Å². The van der Waals surface area contributed by atoms with Crippen LogP contribution in [0.3, 0.4) is 0 Å². The smallest absolute Gasteiger partial charge is 0.261 e. The number of carbonyl (C=O) groups is 2. The second kappa shape index (κ2) is 8.80. The third-order valence-corrected chi connectivity index (χ3v) is 5.07. The lowest BCUT2D eigenvalue weighted by molar-refractivity contribution is 0.0511. The highest BCUT2D eigenvalue weighted by molar-refractivity contribution is 6.21. The fourth-order valence-corrected chi connectivity index (χ4v) is 3.61. The van der Waals surface area contributed by atoms with Gasteiger partial charge in [-0.25, -0.2) is 0 Å². The van der Waals surface area contributed by atoms with Crippen molar-refractivity contribution in [1.82, 2.24) is 9.88 Å². The number of carbonyl (C=O) groups excluding carboxylic acids is 2. The van der Waals surface area contributed by atoms with Crippen molar-refractivity contribution < 1.29 is 14.3 Å². The van der Waals surface area contributed by atoms with Crippen LogP contribution in [-0.2, 0) is 17.8 Å². The third-order valence-electron chi connectivity index (χ3n) is 5.07. The average molecular weight is 386 g/mol. The molecule has 0 saturated heterocycles. The molecule has 0 N–H and O–H groups in total. The maximum atomic E-state index is 12.9. The number of hydrogen-bond donors (Lipinski definition) is 0. The van der Waals surface area contributed by atoms with Gasteiger partial charge in [0.1, 0.15) is 0 Å². The molecule has 3 aromatic rings. The van der Waals surface area contributed by atoms with Crippen molar-refractivity contribution in [3.8, 4) is 0 Å². The number of nitrogens with zero attached hydrogens (tertiary/aromatic N) is 2. The fourth-order valence-electron chi connectivity index (χ4n) is 3.61. The van der Waals surface area contributed by atoms with Crippen molar-refractivity contribution in [2.75, 3.05) is 6.61 Å². The standard InChI is InChI=1S/C24H22N2O3/c27-23-21-11-4-5-12-22(21)24(28)26(23)20(16-19-10-6-7-14-25-19)13-15-29-17-18-8-2-1-3-9-18/h1-12,14,20H,13,15-17H2. The normalized spacial score (nSPS) is 14.1. The van der Waals surface area contributed by atoms with Crippen molar-refractivity contribution >= 4 is 11.8 Å². The summed E-state index contributed by atoms with van der Waals surface area (Å²) in [6.07, 6.45) is 2.77. The van der Waals surface area contributed by atoms with Gasteiger partial charge in [-0.05, 0) is 36.2 Å². The molecule has 0 radical (unpaired) electrons. The van der Waals surface area contributed by atoms with E-state index in [1.54, 1.807) is 30.5 Å². The highest BCUT2D eigenvalue weighted by Crippen LogP contribution is 2.27. The van der Waals surface area contributed by atoms with Crippen molar-refractivity contribution in [3.05, 3.63) is 101 Å². The Hall–Kier alpha value is -3.31. The lowest BCUT2D eigenvalue weighted by Crippen LogP contribution is -2.42. The summed E-state index contributed by atoms with van der Waals surface area (Å²) in [5.74, 6) is -0.482. The zero-order valence-corrected chi connectivity index (χ0v) is 16.0. The van der Waals surface area contributed by atoms with Gasteiger partial charge in [0.05, 0.1) is 17.7 Å². The van der Waals surface area contributed by atoms with Gasteiger partial charge in [-0.15, -0.1) is 0 Å². The minimum atomic E-state index is -0.312. The van der Waals surface area contributed by atoms with Crippen LogP contribution in [-0.4, -0.2) is 34.3 Å². The van der Waals surface area contributed by atoms with E-state index in [9.17, 15) is 9.59 Å². The Balaban J connectivity index is 1.48. The molecular formula is C24H22N2O3. The van der Waals surface area contributed by atoms with Gasteiger partial charge < -0.3 is 4.74 Å². The molecule has 0 fully saturated rings. The van der Waals surface area contributed by atoms with E-state index in [4.69, 9.17) is 4.74 Å². The Kier molecular flexibility index (Phi) is 5.77. The minimum Gasteiger partial charge on any atom is -0.377 e. The average Bonchev–Trinajstić information content (AvgIpc) is 3.02. The number of benzene rings is 2. The first-order valence-electron chi connectivity index (χ1n) is 9.72. The van der Waals surface area contributed by atoms with Crippen LogP contribution < -0.4 is 0 Å². The Morgan fingerprint density at radius 2 is 1.48 bits per heavy atom. The molecule has 29 heavy (non-hydrogen) atoms. The van der Waals surface area contributed by atoms with Gasteiger partial charge in [0, 0.05) is 31.0 Å². The molecule has 4 rings (SSSR count). The van der Waals surface area contributed by atoms with Crippen molar-refractivity contribution in [2.45, 2.75) is 25.5 Å². The summed E-state index contributed by atoms with van der Waals surface area (Å²) < 4.78 is 5.83. The maximum Gasteiger partial charge on any atom is 0.261 e. The Labute approximate surface area is 170 Å². The van der Waals surface area contributed by atoms with Crippen LogP contribution in [0.2, 0.25) is 0 Å². The van der Waals surface area contributed by atoms with Gasteiger partial charge in [-0.2, -0.15) is 0 Å². The Morgan fingerprint density at radius 3 is 2.14 bits per heavy atom. The summed E-state index contributed by atoms with van der Waals surface area (Å²) >= 11 is 0. The van der Waals surface area contributed by atoms with Gasteiger partial charge in [-0.1, -0.05) is 48.5 Å². The molecule has 1 aromatic heterocycles. The largest absolute Gasteiger partial charge is 0.377 e. The van der Waals surface area contributed by atoms with Gasteiger partial charge in [0.15, 0.2) is 0 Å². The second-order valence-electron chi connectivity index (χ2n) is 7.03. The maximum absolute atomic E-state index is 12.9. The molecule has 1 atom stereocenters. The summed E-state index contributed by atoms with van der Waals surface area (Å²) in [7, 11) is 0. The molecule has 2 aromatic carbocycles. The lowest BCUT2D eigenvalue weighted by Gasteiger charge is -2.26. The Bertz CT molecular complexity index is 954. The number of aromatic nitrogens is 1. The number of fused-ring (bicyclic) bond motifs is 1. The van der Waals surface area contributed by atoms with E-state index in [-0.39, 0.29) is 17.9 Å². The minimum absolute atomic E-state index is 0.241. The molecule has 0 aliphatic carbocycles. The molecular weight excluding hydrogens is 364 g/mol. The molecule has 5 nitrogen and oxygen atoms in total. The zero-order chi connectivity index (χ0) is 20.1. The van der Waals surface area contributed by atoms with Crippen molar-refractivity contribution in [1.29, 1.82) is 0 Å². The lowest BCUT2D eigenvalue weighted by atomic mass is 10.1. The molecule has 5 heteroatoms. The van der Waals surface area contributed by atoms with Crippen LogP contribution in [0.15, 0.2) is 79.0 Å². The monoisotopic (exact) mass is 386 g/mol.